The zero-order chi connectivity index (χ0) is 14.2. The number of benzene rings is 1. The lowest BCUT2D eigenvalue weighted by molar-refractivity contribution is 0.235. The Hall–Kier alpha value is -1.02. The van der Waals surface area contributed by atoms with Crippen molar-refractivity contribution < 1.29 is 4.74 Å². The molecule has 1 fully saturated rings. The molecule has 0 unspecified atom stereocenters. The van der Waals surface area contributed by atoms with E-state index in [1.54, 1.807) is 7.11 Å². The molecule has 0 aliphatic carbocycles. The van der Waals surface area contributed by atoms with E-state index in [4.69, 9.17) is 10.5 Å². The first-order valence-electron chi connectivity index (χ1n) is 7.21. The minimum atomic E-state index is 0. The van der Waals surface area contributed by atoms with Crippen molar-refractivity contribution in [1.82, 2.24) is 4.90 Å². The zero-order valence-corrected chi connectivity index (χ0v) is 14.9. The maximum absolute atomic E-state index is 5.88. The molecule has 0 aromatic heterocycles. The van der Waals surface area contributed by atoms with Gasteiger partial charge in [-0.15, -0.1) is 24.0 Å². The molecule has 0 amide bonds. The van der Waals surface area contributed by atoms with Crippen molar-refractivity contribution in [2.75, 3.05) is 38.6 Å². The summed E-state index contributed by atoms with van der Waals surface area (Å²) in [6.45, 7) is 4.13. The third kappa shape index (κ3) is 6.52. The van der Waals surface area contributed by atoms with Crippen molar-refractivity contribution in [3.05, 3.63) is 24.3 Å². The van der Waals surface area contributed by atoms with Crippen LogP contribution in [0.15, 0.2) is 29.3 Å². The molecule has 3 N–H and O–H groups in total. The maximum Gasteiger partial charge on any atom is 0.193 e. The highest BCUT2D eigenvalue weighted by atomic mass is 127. The number of piperidine rings is 1. The second kappa shape index (κ2) is 9.83. The Kier molecular flexibility index (Phi) is 8.44. The Balaban J connectivity index is 0.00000220. The van der Waals surface area contributed by atoms with Crippen molar-refractivity contribution in [2.45, 2.75) is 19.3 Å². The fourth-order valence-corrected chi connectivity index (χ4v) is 2.36. The van der Waals surface area contributed by atoms with Gasteiger partial charge in [0, 0.05) is 12.2 Å². The van der Waals surface area contributed by atoms with E-state index in [2.05, 4.69) is 15.2 Å². The van der Waals surface area contributed by atoms with E-state index in [0.29, 0.717) is 5.96 Å². The van der Waals surface area contributed by atoms with Crippen LogP contribution in [0.4, 0.5) is 5.69 Å². The summed E-state index contributed by atoms with van der Waals surface area (Å²) >= 11 is 0. The molecule has 0 spiro atoms. The summed E-state index contributed by atoms with van der Waals surface area (Å²) in [5.74, 6) is 1.29. The van der Waals surface area contributed by atoms with Crippen LogP contribution in [-0.4, -0.2) is 44.1 Å². The predicted octanol–water partition coefficient (Wildman–Crippen LogP) is 2.53. The largest absolute Gasteiger partial charge is 0.497 e. The van der Waals surface area contributed by atoms with E-state index in [9.17, 15) is 0 Å². The van der Waals surface area contributed by atoms with Gasteiger partial charge in [-0.1, -0.05) is 6.42 Å². The number of nitrogens with zero attached hydrogens (tertiary/aromatic N) is 2. The van der Waals surface area contributed by atoms with Gasteiger partial charge in [0.05, 0.1) is 13.7 Å². The molecule has 5 nitrogen and oxygen atoms in total. The molecule has 1 aromatic rings. The van der Waals surface area contributed by atoms with Crippen LogP contribution < -0.4 is 15.8 Å². The minimum absolute atomic E-state index is 0. The van der Waals surface area contributed by atoms with Crippen LogP contribution in [0.1, 0.15) is 19.3 Å². The number of ether oxygens (including phenoxy) is 1. The predicted molar refractivity (Wildman–Crippen MR) is 98.8 cm³/mol. The number of halogens is 1. The molecule has 118 valence electrons. The normalized spacial score (nSPS) is 16.1. The second-order valence-corrected chi connectivity index (χ2v) is 5.02. The van der Waals surface area contributed by atoms with Gasteiger partial charge in [-0.05, 0) is 50.2 Å². The minimum Gasteiger partial charge on any atom is -0.497 e. The zero-order valence-electron chi connectivity index (χ0n) is 12.5. The number of aliphatic imine (C=N–C) groups is 1. The lowest BCUT2D eigenvalue weighted by Crippen LogP contribution is -2.32. The standard InChI is InChI=1S/C15H24N4O.HI/c1-20-14-7-5-13(6-8-14)18-15(16)17-9-12-19-10-3-2-4-11-19;/h5-8H,2-4,9-12H2,1H3,(H3,16,17,18);1H. The van der Waals surface area contributed by atoms with Gasteiger partial charge in [-0.2, -0.15) is 0 Å². The van der Waals surface area contributed by atoms with Crippen LogP contribution in [0.2, 0.25) is 0 Å². The van der Waals surface area contributed by atoms with E-state index in [0.717, 1.165) is 24.5 Å². The van der Waals surface area contributed by atoms with Crippen LogP contribution in [0.5, 0.6) is 5.75 Å². The SMILES string of the molecule is COc1ccc(NC(N)=NCCN2CCCCC2)cc1.I. The van der Waals surface area contributed by atoms with E-state index in [1.165, 1.54) is 32.4 Å². The number of hydrogen-bond acceptors (Lipinski definition) is 3. The fraction of sp³-hybridized carbons (Fsp3) is 0.533. The summed E-state index contributed by atoms with van der Waals surface area (Å²) in [6, 6.07) is 7.63. The lowest BCUT2D eigenvalue weighted by atomic mass is 10.1. The van der Waals surface area contributed by atoms with Crippen molar-refractivity contribution in [2.24, 2.45) is 10.7 Å². The van der Waals surface area contributed by atoms with Gasteiger partial charge in [0.15, 0.2) is 5.96 Å². The van der Waals surface area contributed by atoms with Crippen LogP contribution in [0.25, 0.3) is 0 Å². The first-order chi connectivity index (χ1) is 9.78. The first-order valence-corrected chi connectivity index (χ1v) is 7.21. The molecule has 21 heavy (non-hydrogen) atoms. The highest BCUT2D eigenvalue weighted by Gasteiger charge is 2.08. The van der Waals surface area contributed by atoms with Crippen molar-refractivity contribution in [3.63, 3.8) is 0 Å². The average Bonchev–Trinajstić information content (AvgIpc) is 2.49. The number of anilines is 1. The van der Waals surface area contributed by atoms with Crippen LogP contribution >= 0.6 is 24.0 Å². The molecule has 1 aromatic carbocycles. The van der Waals surface area contributed by atoms with Gasteiger partial charge >= 0.3 is 0 Å². The van der Waals surface area contributed by atoms with Gasteiger partial charge in [-0.3, -0.25) is 4.99 Å². The van der Waals surface area contributed by atoms with E-state index < -0.39 is 0 Å². The van der Waals surface area contributed by atoms with Crippen molar-refractivity contribution in [3.8, 4) is 5.75 Å². The Morgan fingerprint density at radius 3 is 2.52 bits per heavy atom. The van der Waals surface area contributed by atoms with Crippen molar-refractivity contribution >= 4 is 35.6 Å². The van der Waals surface area contributed by atoms with Gasteiger partial charge in [0.1, 0.15) is 5.75 Å². The Labute approximate surface area is 144 Å². The molecule has 0 radical (unpaired) electrons. The third-order valence-corrected chi connectivity index (χ3v) is 3.51. The highest BCUT2D eigenvalue weighted by Crippen LogP contribution is 2.14. The quantitative estimate of drug-likeness (QED) is 0.450. The van der Waals surface area contributed by atoms with Crippen LogP contribution in [-0.2, 0) is 0 Å². The van der Waals surface area contributed by atoms with Crippen LogP contribution in [0.3, 0.4) is 0 Å². The van der Waals surface area contributed by atoms with E-state index >= 15 is 0 Å². The van der Waals surface area contributed by atoms with Gasteiger partial charge < -0.3 is 20.7 Å². The molecule has 1 aliphatic heterocycles. The Bertz CT molecular complexity index is 430. The molecule has 2 rings (SSSR count). The Morgan fingerprint density at radius 2 is 1.90 bits per heavy atom. The molecular weight excluding hydrogens is 379 g/mol. The number of nitrogens with one attached hydrogen (secondary N) is 1. The number of hydrogen-bond donors (Lipinski definition) is 2. The topological polar surface area (TPSA) is 62.9 Å². The highest BCUT2D eigenvalue weighted by molar-refractivity contribution is 14.0. The molecule has 0 atom stereocenters. The monoisotopic (exact) mass is 404 g/mol. The van der Waals surface area contributed by atoms with Gasteiger partial charge in [0.2, 0.25) is 0 Å². The van der Waals surface area contributed by atoms with Crippen LogP contribution in [0, 0.1) is 0 Å². The summed E-state index contributed by atoms with van der Waals surface area (Å²) in [4.78, 5) is 6.82. The average molecular weight is 404 g/mol. The number of methoxy groups -OCH3 is 1. The number of guanidine groups is 1. The van der Waals surface area contributed by atoms with Gasteiger partial charge in [-0.25, -0.2) is 0 Å². The third-order valence-electron chi connectivity index (χ3n) is 3.51. The molecule has 1 saturated heterocycles. The van der Waals surface area contributed by atoms with E-state index in [-0.39, 0.29) is 24.0 Å². The number of nitrogens with two attached hydrogens (primary N) is 1. The van der Waals surface area contributed by atoms with E-state index in [1.807, 2.05) is 24.3 Å². The fourth-order valence-electron chi connectivity index (χ4n) is 2.36. The maximum atomic E-state index is 5.88. The molecule has 6 heteroatoms. The Morgan fingerprint density at radius 1 is 1.24 bits per heavy atom. The summed E-state index contributed by atoms with van der Waals surface area (Å²) in [5, 5.41) is 3.08. The summed E-state index contributed by atoms with van der Waals surface area (Å²) in [5.41, 5.74) is 6.80. The molecule has 1 heterocycles. The first kappa shape index (κ1) is 18.0. The molecule has 1 aliphatic rings. The summed E-state index contributed by atoms with van der Waals surface area (Å²) in [6.07, 6.45) is 3.98. The molecular formula is C15H25IN4O. The number of likely N-dealkylation sites (tertiary alicyclic amines) is 1. The second-order valence-electron chi connectivity index (χ2n) is 5.02. The summed E-state index contributed by atoms with van der Waals surface area (Å²) < 4.78 is 5.11. The van der Waals surface area contributed by atoms with Gasteiger partial charge in [0.25, 0.3) is 0 Å². The smallest absolute Gasteiger partial charge is 0.193 e. The number of rotatable bonds is 5. The summed E-state index contributed by atoms with van der Waals surface area (Å²) in [7, 11) is 1.65. The van der Waals surface area contributed by atoms with Crippen molar-refractivity contribution in [1.29, 1.82) is 0 Å². The lowest BCUT2D eigenvalue weighted by Gasteiger charge is -2.25. The molecule has 0 bridgehead atoms. The molecule has 0 saturated carbocycles.